The standard InChI is InChI=1S/C21H21N5O2S/c27-19(11-17-14-29-21(23-17)16-6-3-9-22-12-16)24-25-20(28)13-26-10-4-7-15-5-1-2-8-18(15)26/h1-3,5-6,8-9,12,14H,4,7,10-11,13H2,(H,24,27)(H,25,28). The summed E-state index contributed by atoms with van der Waals surface area (Å²) in [5.74, 6) is -0.551. The van der Waals surface area contributed by atoms with Gasteiger partial charge >= 0.3 is 0 Å². The predicted octanol–water partition coefficient (Wildman–Crippen LogP) is 2.35. The summed E-state index contributed by atoms with van der Waals surface area (Å²) in [6.45, 7) is 1.04. The van der Waals surface area contributed by atoms with Gasteiger partial charge in [-0.3, -0.25) is 25.4 Å². The van der Waals surface area contributed by atoms with E-state index in [1.807, 2.05) is 40.6 Å². The van der Waals surface area contributed by atoms with E-state index in [2.05, 4.69) is 26.9 Å². The molecular weight excluding hydrogens is 386 g/mol. The second-order valence-electron chi connectivity index (χ2n) is 6.81. The number of carbonyl (C=O) groups is 2. The number of amides is 2. The van der Waals surface area contributed by atoms with Crippen molar-refractivity contribution in [3.63, 3.8) is 0 Å². The zero-order chi connectivity index (χ0) is 20.1. The normalized spacial score (nSPS) is 12.9. The Morgan fingerprint density at radius 2 is 1.97 bits per heavy atom. The first kappa shape index (κ1) is 19.1. The minimum Gasteiger partial charge on any atom is -0.362 e. The number of nitrogens with zero attached hydrogens (tertiary/aromatic N) is 3. The van der Waals surface area contributed by atoms with E-state index in [1.54, 1.807) is 12.4 Å². The number of para-hydroxylation sites is 1. The van der Waals surface area contributed by atoms with Crippen molar-refractivity contribution < 1.29 is 9.59 Å². The molecule has 3 heterocycles. The number of fused-ring (bicyclic) bond motifs is 1. The third kappa shape index (κ3) is 4.78. The van der Waals surface area contributed by atoms with E-state index in [1.165, 1.54) is 16.9 Å². The van der Waals surface area contributed by atoms with E-state index < -0.39 is 0 Å². The Hall–Kier alpha value is -3.26. The SMILES string of the molecule is O=C(Cc1csc(-c2cccnc2)n1)NNC(=O)CN1CCCc2ccccc21. The van der Waals surface area contributed by atoms with E-state index in [0.29, 0.717) is 5.69 Å². The summed E-state index contributed by atoms with van der Waals surface area (Å²) in [7, 11) is 0. The fraction of sp³-hybridized carbons (Fsp3) is 0.238. The smallest absolute Gasteiger partial charge is 0.257 e. The summed E-state index contributed by atoms with van der Waals surface area (Å²) in [5, 5.41) is 2.66. The number of hydrogen-bond donors (Lipinski definition) is 2. The van der Waals surface area contributed by atoms with Crippen molar-refractivity contribution in [2.24, 2.45) is 0 Å². The van der Waals surface area contributed by atoms with Gasteiger partial charge in [-0.15, -0.1) is 11.3 Å². The zero-order valence-corrected chi connectivity index (χ0v) is 16.6. The van der Waals surface area contributed by atoms with Gasteiger partial charge in [0.1, 0.15) is 5.01 Å². The molecule has 29 heavy (non-hydrogen) atoms. The fourth-order valence-electron chi connectivity index (χ4n) is 3.35. The Kier molecular flexibility index (Phi) is 5.81. The molecule has 0 saturated carbocycles. The van der Waals surface area contributed by atoms with Crippen LogP contribution in [-0.4, -0.2) is 34.9 Å². The average molecular weight is 407 g/mol. The van der Waals surface area contributed by atoms with Crippen molar-refractivity contribution in [1.82, 2.24) is 20.8 Å². The predicted molar refractivity (Wildman–Crippen MR) is 112 cm³/mol. The van der Waals surface area contributed by atoms with Crippen LogP contribution in [0.25, 0.3) is 10.6 Å². The van der Waals surface area contributed by atoms with Gasteiger partial charge in [-0.2, -0.15) is 0 Å². The Bertz CT molecular complexity index is 1010. The molecular formula is C21H21N5O2S. The van der Waals surface area contributed by atoms with Crippen molar-refractivity contribution in [2.45, 2.75) is 19.3 Å². The van der Waals surface area contributed by atoms with E-state index in [0.717, 1.165) is 35.6 Å². The average Bonchev–Trinajstić information content (AvgIpc) is 3.22. The molecule has 4 rings (SSSR count). The number of anilines is 1. The molecule has 0 bridgehead atoms. The van der Waals surface area contributed by atoms with Crippen LogP contribution in [0.4, 0.5) is 5.69 Å². The molecule has 0 atom stereocenters. The molecule has 1 aliphatic heterocycles. The third-order valence-corrected chi connectivity index (χ3v) is 5.62. The lowest BCUT2D eigenvalue weighted by molar-refractivity contribution is -0.127. The van der Waals surface area contributed by atoms with Gasteiger partial charge in [-0.1, -0.05) is 18.2 Å². The lowest BCUT2D eigenvalue weighted by Crippen LogP contribution is -2.47. The maximum absolute atomic E-state index is 12.3. The maximum atomic E-state index is 12.3. The molecule has 0 fully saturated rings. The lowest BCUT2D eigenvalue weighted by atomic mass is 10.0. The highest BCUT2D eigenvalue weighted by molar-refractivity contribution is 7.13. The molecule has 1 aromatic carbocycles. The monoisotopic (exact) mass is 407 g/mol. The van der Waals surface area contributed by atoms with E-state index in [-0.39, 0.29) is 24.8 Å². The van der Waals surface area contributed by atoms with Crippen molar-refractivity contribution in [3.8, 4) is 10.6 Å². The van der Waals surface area contributed by atoms with Crippen LogP contribution in [0.1, 0.15) is 17.7 Å². The van der Waals surface area contributed by atoms with Gasteiger partial charge in [0.15, 0.2) is 0 Å². The Balaban J connectivity index is 1.27. The second-order valence-corrected chi connectivity index (χ2v) is 7.67. The molecule has 2 aromatic heterocycles. The summed E-state index contributed by atoms with van der Waals surface area (Å²) in [6.07, 6.45) is 5.58. The van der Waals surface area contributed by atoms with Crippen LogP contribution in [0, 0.1) is 0 Å². The number of thiazole rings is 1. The number of hydrazine groups is 1. The van der Waals surface area contributed by atoms with Gasteiger partial charge in [-0.05, 0) is 36.6 Å². The maximum Gasteiger partial charge on any atom is 0.257 e. The number of aryl methyl sites for hydroxylation is 1. The highest BCUT2D eigenvalue weighted by Gasteiger charge is 2.19. The highest BCUT2D eigenvalue weighted by atomic mass is 32.1. The van der Waals surface area contributed by atoms with E-state index in [4.69, 9.17) is 0 Å². The second kappa shape index (κ2) is 8.83. The molecule has 7 nitrogen and oxygen atoms in total. The molecule has 0 spiro atoms. The van der Waals surface area contributed by atoms with Crippen LogP contribution < -0.4 is 15.8 Å². The Morgan fingerprint density at radius 1 is 1.10 bits per heavy atom. The number of carbonyl (C=O) groups excluding carboxylic acids is 2. The van der Waals surface area contributed by atoms with Crippen LogP contribution in [0.5, 0.6) is 0 Å². The quantitative estimate of drug-likeness (QED) is 0.634. The molecule has 0 saturated heterocycles. The minimum absolute atomic E-state index is 0.101. The molecule has 2 N–H and O–H groups in total. The van der Waals surface area contributed by atoms with Gasteiger partial charge in [0.2, 0.25) is 5.91 Å². The van der Waals surface area contributed by atoms with Crippen molar-refractivity contribution in [2.75, 3.05) is 18.0 Å². The number of benzene rings is 1. The minimum atomic E-state index is -0.305. The van der Waals surface area contributed by atoms with E-state index in [9.17, 15) is 9.59 Å². The third-order valence-electron chi connectivity index (χ3n) is 4.68. The molecule has 3 aromatic rings. The van der Waals surface area contributed by atoms with Crippen LogP contribution in [0.2, 0.25) is 0 Å². The molecule has 148 valence electrons. The number of nitrogens with one attached hydrogen (secondary N) is 2. The molecule has 2 amide bonds. The van der Waals surface area contributed by atoms with Crippen molar-refractivity contribution >= 4 is 28.8 Å². The van der Waals surface area contributed by atoms with Gasteiger partial charge in [-0.25, -0.2) is 4.98 Å². The van der Waals surface area contributed by atoms with Crippen molar-refractivity contribution in [3.05, 3.63) is 65.4 Å². The van der Waals surface area contributed by atoms with Crippen LogP contribution in [0.3, 0.4) is 0 Å². The van der Waals surface area contributed by atoms with Crippen LogP contribution in [0.15, 0.2) is 54.2 Å². The Labute approximate surface area is 172 Å². The van der Waals surface area contributed by atoms with Gasteiger partial charge in [0, 0.05) is 35.6 Å². The lowest BCUT2D eigenvalue weighted by Gasteiger charge is -2.30. The van der Waals surface area contributed by atoms with Crippen LogP contribution >= 0.6 is 11.3 Å². The first-order chi connectivity index (χ1) is 14.2. The first-order valence-electron chi connectivity index (χ1n) is 9.44. The summed E-state index contributed by atoms with van der Waals surface area (Å²) in [4.78, 5) is 35.0. The topological polar surface area (TPSA) is 87.2 Å². The largest absolute Gasteiger partial charge is 0.362 e. The van der Waals surface area contributed by atoms with Gasteiger partial charge < -0.3 is 4.90 Å². The Morgan fingerprint density at radius 3 is 2.83 bits per heavy atom. The molecule has 8 heteroatoms. The summed E-state index contributed by atoms with van der Waals surface area (Å²) in [5.41, 5.74) is 8.90. The molecule has 0 unspecified atom stereocenters. The van der Waals surface area contributed by atoms with Gasteiger partial charge in [0.05, 0.1) is 18.7 Å². The molecule has 0 aliphatic carbocycles. The first-order valence-corrected chi connectivity index (χ1v) is 10.3. The number of aromatic nitrogens is 2. The number of hydrogen-bond acceptors (Lipinski definition) is 6. The fourth-order valence-corrected chi connectivity index (χ4v) is 4.16. The van der Waals surface area contributed by atoms with Gasteiger partial charge in [0.25, 0.3) is 5.91 Å². The van der Waals surface area contributed by atoms with Crippen LogP contribution in [-0.2, 0) is 22.4 Å². The van der Waals surface area contributed by atoms with Crippen molar-refractivity contribution in [1.29, 1.82) is 0 Å². The van der Waals surface area contributed by atoms with E-state index >= 15 is 0 Å². The molecule has 1 aliphatic rings. The highest BCUT2D eigenvalue weighted by Crippen LogP contribution is 2.26. The summed E-state index contributed by atoms with van der Waals surface area (Å²) in [6, 6.07) is 11.9. The summed E-state index contributed by atoms with van der Waals surface area (Å²) >= 11 is 1.46. The number of pyridine rings is 1. The molecule has 0 radical (unpaired) electrons. The number of rotatable bonds is 5. The summed E-state index contributed by atoms with van der Waals surface area (Å²) < 4.78 is 0. The zero-order valence-electron chi connectivity index (χ0n) is 15.8.